The van der Waals surface area contributed by atoms with Crippen LogP contribution < -0.4 is 31.9 Å². The number of hydrogen-bond acceptors (Lipinski definition) is 13. The van der Waals surface area contributed by atoms with Gasteiger partial charge in [0.05, 0.1) is 47.7 Å². The van der Waals surface area contributed by atoms with Crippen LogP contribution in [0.1, 0.15) is 20.8 Å². The molecule has 374 valence electrons. The summed E-state index contributed by atoms with van der Waals surface area (Å²) in [6.07, 6.45) is 9.63. The first-order valence-electron chi connectivity index (χ1n) is 22.2. The van der Waals surface area contributed by atoms with Crippen LogP contribution in [0.25, 0.3) is 64.4 Å². The van der Waals surface area contributed by atoms with Crippen molar-refractivity contribution in [3.05, 3.63) is 154 Å². The van der Waals surface area contributed by atoms with Crippen LogP contribution in [0.3, 0.4) is 0 Å². The fourth-order valence-electron chi connectivity index (χ4n) is 6.44. The second kappa shape index (κ2) is 30.0. The van der Waals surface area contributed by atoms with Crippen LogP contribution in [-0.2, 0) is 16.3 Å². The molecule has 0 aliphatic heterocycles. The summed E-state index contributed by atoms with van der Waals surface area (Å²) in [6, 6.07) is 34.0. The fraction of sp³-hybridized carbons (Fsp3) is 0.120. The van der Waals surface area contributed by atoms with Crippen molar-refractivity contribution in [2.24, 2.45) is 0 Å². The Morgan fingerprint density at radius 3 is 1.34 bits per heavy atom. The van der Waals surface area contributed by atoms with Gasteiger partial charge in [-0.05, 0) is 109 Å². The van der Waals surface area contributed by atoms with Gasteiger partial charge in [0, 0.05) is 68.3 Å². The summed E-state index contributed by atoms with van der Waals surface area (Å²) in [5.74, 6) is 0. The van der Waals surface area contributed by atoms with Crippen LogP contribution in [-0.4, -0.2) is 72.6 Å². The molecule has 0 fully saturated rings. The van der Waals surface area contributed by atoms with Crippen molar-refractivity contribution in [2.45, 2.75) is 20.8 Å². The van der Waals surface area contributed by atoms with Gasteiger partial charge in [0.1, 0.15) is 0 Å². The Bertz CT molecular complexity index is 3370. The van der Waals surface area contributed by atoms with Gasteiger partial charge in [-0.25, -0.2) is 29.3 Å². The summed E-state index contributed by atoms with van der Waals surface area (Å²) < 4.78 is 5.82. The minimum atomic E-state index is -0.263. The molecule has 7 aromatic heterocycles. The Labute approximate surface area is 480 Å². The number of thiazole rings is 3. The molecule has 16 nitrogen and oxygen atoms in total. The monoisotopic (exact) mass is 1350 g/mol. The Balaban J connectivity index is 0.000000171. The van der Waals surface area contributed by atoms with Crippen LogP contribution in [0, 0.1) is 6.20 Å². The van der Waals surface area contributed by atoms with Crippen LogP contribution in [0.5, 0.6) is 0 Å². The summed E-state index contributed by atoms with van der Waals surface area (Å²) >= 11 is 18.9. The number of pyridine rings is 4. The number of carbonyl (C=O) groups excluding carboxylic acids is 3. The Morgan fingerprint density at radius 2 is 0.932 bits per heavy atom. The van der Waals surface area contributed by atoms with Gasteiger partial charge < -0.3 is 20.9 Å². The molecule has 0 saturated carbocycles. The molecular formula is C50H43Br4N13O3S3Zn. The van der Waals surface area contributed by atoms with E-state index in [1.807, 2.05) is 118 Å². The molecule has 0 aliphatic carbocycles. The number of rotatable bonds is 9. The molecule has 74 heavy (non-hydrogen) atoms. The maximum absolute atomic E-state index is 11.9. The Morgan fingerprint density at radius 1 is 0.514 bits per heavy atom. The van der Waals surface area contributed by atoms with Crippen LogP contribution in [0.2, 0.25) is 0 Å². The number of nitrogens with one attached hydrogen (secondary N) is 6. The third-order valence-corrected chi connectivity index (χ3v) is 14.3. The predicted octanol–water partition coefficient (Wildman–Crippen LogP) is 14.5. The largest absolute Gasteiger partial charge is 0.394 e. The van der Waals surface area contributed by atoms with Crippen molar-refractivity contribution < 1.29 is 30.7 Å². The quantitative estimate of drug-likeness (QED) is 0.0594. The molecule has 10 rings (SSSR count). The van der Waals surface area contributed by atoms with Gasteiger partial charge in [-0.2, -0.15) is 18.2 Å². The molecule has 0 aliphatic rings. The maximum atomic E-state index is 11.9. The standard InChI is InChI=1S/C20H17N5OS.C15H13BrN4OS.C10H9Br2N3OS.C5H4N.BrH.Zn/c1-2-21-19(26)25-20-24-17-12-13(15-7-3-5-9-22-15)11-14(18(17)27-20)16-8-4-6-10-23-16;1-2-17-14(21)20-15-19-12-8-9(16)7-10(13(12)22-15)11-5-3-4-6-18-11;1-2-13-9(16)15-10-14-7-4-5(11)3-6(12)8(7)17-10;1-2-4-6-5-3-1;;/h3-12H,2H2,1H3,(H2,21,24,25,26);3-8H,2H2,1H3,(H2,17,19,20,21);3-4H,2H2,1H3,(H2,13,14,15,16);1-4H;1H;/q;;;-1;;+2/p-1. The van der Waals surface area contributed by atoms with Crippen molar-refractivity contribution in [1.82, 2.24) is 50.8 Å². The van der Waals surface area contributed by atoms with E-state index in [-0.39, 0.29) is 18.1 Å². The number of fused-ring (bicyclic) bond motifs is 3. The fourth-order valence-corrected chi connectivity index (χ4v) is 11.1. The van der Waals surface area contributed by atoms with Gasteiger partial charge in [0.15, 0.2) is 15.4 Å². The molecule has 6 N–H and O–H groups in total. The second-order valence-corrected chi connectivity index (χ2v) is 20.2. The van der Waals surface area contributed by atoms with Crippen molar-refractivity contribution in [3.63, 3.8) is 0 Å². The smallest absolute Gasteiger partial charge is 0.0813 e. The number of urea groups is 3. The van der Waals surface area contributed by atoms with E-state index in [0.717, 1.165) is 77.8 Å². The van der Waals surface area contributed by atoms with Crippen LogP contribution in [0.4, 0.5) is 29.8 Å². The van der Waals surface area contributed by atoms with E-state index in [4.69, 9.17) is 0 Å². The first-order valence-corrected chi connectivity index (χ1v) is 34.0. The van der Waals surface area contributed by atoms with Gasteiger partial charge >= 0.3 is 48.1 Å². The van der Waals surface area contributed by atoms with Crippen molar-refractivity contribution in [1.29, 1.82) is 0 Å². The number of amides is 6. The zero-order valence-corrected chi connectivity index (χ0v) is 51.4. The first kappa shape index (κ1) is 57.6. The van der Waals surface area contributed by atoms with E-state index in [1.54, 1.807) is 30.9 Å². The van der Waals surface area contributed by atoms with Gasteiger partial charge in [-0.1, -0.05) is 96.5 Å². The summed E-state index contributed by atoms with van der Waals surface area (Å²) in [7, 11) is 0. The van der Waals surface area contributed by atoms with Gasteiger partial charge in [-0.15, -0.1) is 0 Å². The molecule has 6 amide bonds. The van der Waals surface area contributed by atoms with E-state index in [1.165, 1.54) is 50.4 Å². The van der Waals surface area contributed by atoms with Crippen molar-refractivity contribution in [3.8, 4) is 33.8 Å². The first-order chi connectivity index (χ1) is 36.0. The number of carbonyl (C=O) groups is 3. The molecule has 0 bridgehead atoms. The third-order valence-electron chi connectivity index (χ3n) is 9.39. The summed E-state index contributed by atoms with van der Waals surface area (Å²) in [5.41, 5.74) is 7.99. The third kappa shape index (κ3) is 16.9. The van der Waals surface area contributed by atoms with E-state index < -0.39 is 0 Å². The number of aromatic nitrogens is 7. The van der Waals surface area contributed by atoms with Gasteiger partial charge in [-0.3, -0.25) is 30.9 Å². The number of nitrogens with zero attached hydrogens (tertiary/aromatic N) is 7. The number of benzene rings is 3. The van der Waals surface area contributed by atoms with E-state index in [2.05, 4.69) is 140 Å². The Kier molecular flexibility index (Phi) is 23.3. The average Bonchev–Trinajstić information content (AvgIpc) is 4.14. The van der Waals surface area contributed by atoms with E-state index in [0.29, 0.717) is 35.0 Å². The molecule has 0 spiro atoms. The van der Waals surface area contributed by atoms with Gasteiger partial charge in [0.2, 0.25) is 0 Å². The van der Waals surface area contributed by atoms with E-state index in [9.17, 15) is 14.4 Å². The average molecular weight is 1360 g/mol. The predicted molar refractivity (Wildman–Crippen MR) is 312 cm³/mol. The molecule has 0 atom stereocenters. The minimum absolute atomic E-state index is 0.234. The van der Waals surface area contributed by atoms with Crippen molar-refractivity contribution in [2.75, 3.05) is 35.6 Å². The van der Waals surface area contributed by atoms with E-state index >= 15 is 0 Å². The number of hydrogen-bond donors (Lipinski definition) is 6. The second-order valence-electron chi connectivity index (χ2n) is 14.5. The maximum Gasteiger partial charge on any atom is -0.0813 e. The number of halogens is 4. The SMILES string of the molecule is CCNC(=O)Nc1nc2cc(-c3ccccn3)cc(-c3ccccn3)c2s1.CCNC(=O)Nc1nc2cc(Br)cc(-c3ccccn3)c2s1.CCNC(=O)Nc1nc2cc(Br)cc(Br)c2s1.[Zn+][Br].[c-]1ccccn1. The molecule has 24 heteroatoms. The van der Waals surface area contributed by atoms with Crippen molar-refractivity contribution >= 4 is 160 Å². The topological polar surface area (TPSA) is 214 Å². The summed E-state index contributed by atoms with van der Waals surface area (Å²) in [4.78, 5) is 65.3. The summed E-state index contributed by atoms with van der Waals surface area (Å²) in [5, 5.41) is 18.0. The minimum Gasteiger partial charge on any atom is -0.394 e. The molecule has 0 saturated heterocycles. The molecule has 7 heterocycles. The normalized spacial score (nSPS) is 10.2. The molecular weight excluding hydrogens is 1310 g/mol. The summed E-state index contributed by atoms with van der Waals surface area (Å²) in [6.45, 7) is 7.32. The van der Waals surface area contributed by atoms with Gasteiger partial charge in [0.25, 0.3) is 0 Å². The number of anilines is 3. The van der Waals surface area contributed by atoms with Crippen LogP contribution in [0.15, 0.2) is 147 Å². The molecule has 10 aromatic rings. The zero-order chi connectivity index (χ0) is 52.8. The molecule has 0 unspecified atom stereocenters. The van der Waals surface area contributed by atoms with Crippen LogP contribution >= 0.6 is 95.4 Å². The molecule has 0 radical (unpaired) electrons. The zero-order valence-electron chi connectivity index (χ0n) is 39.6. The molecule has 3 aromatic carbocycles. The Hall–Kier alpha value is -5.72.